The topological polar surface area (TPSA) is 83.0 Å². The van der Waals surface area contributed by atoms with Gasteiger partial charge in [0.15, 0.2) is 5.16 Å². The summed E-state index contributed by atoms with van der Waals surface area (Å²) in [6.07, 6.45) is 1.58. The number of nitrogens with zero attached hydrogens (tertiary/aromatic N) is 1. The predicted octanol–water partition coefficient (Wildman–Crippen LogP) is 3.23. The summed E-state index contributed by atoms with van der Waals surface area (Å²) >= 11 is 6.91. The van der Waals surface area contributed by atoms with Crippen molar-refractivity contribution in [3.63, 3.8) is 0 Å². The van der Waals surface area contributed by atoms with Crippen molar-refractivity contribution in [2.75, 3.05) is 0 Å². The van der Waals surface area contributed by atoms with Crippen LogP contribution in [-0.2, 0) is 6.42 Å². The van der Waals surface area contributed by atoms with Crippen molar-refractivity contribution >= 4 is 29.3 Å². The highest BCUT2D eigenvalue weighted by molar-refractivity contribution is 7.99. The van der Waals surface area contributed by atoms with E-state index in [0.29, 0.717) is 27.2 Å². The molecule has 1 aromatic heterocycles. The number of aromatic amines is 1. The second-order valence-corrected chi connectivity index (χ2v) is 5.81. The number of carbonyl (C=O) groups is 1. The van der Waals surface area contributed by atoms with Crippen LogP contribution in [0.3, 0.4) is 0 Å². The minimum Gasteiger partial charge on any atom is -0.478 e. The molecule has 0 unspecified atom stereocenters. The number of aromatic carboxylic acids is 1. The highest BCUT2D eigenvalue weighted by Gasteiger charge is 2.13. The number of hydrogen-bond donors (Lipinski definition) is 2. The second-order valence-electron chi connectivity index (χ2n) is 4.34. The maximum atomic E-state index is 11.6. The summed E-state index contributed by atoms with van der Waals surface area (Å²) in [6.45, 7) is 2.00. The zero-order valence-corrected chi connectivity index (χ0v) is 12.8. The van der Waals surface area contributed by atoms with Gasteiger partial charge in [0.1, 0.15) is 0 Å². The molecule has 0 saturated heterocycles. The zero-order valence-electron chi connectivity index (χ0n) is 11.2. The third-order valence-corrected chi connectivity index (χ3v) is 3.86. The number of aryl methyl sites for hydroxylation is 1. The van der Waals surface area contributed by atoms with Gasteiger partial charge in [-0.2, -0.15) is 0 Å². The number of hydrogen-bond acceptors (Lipinski definition) is 4. The summed E-state index contributed by atoms with van der Waals surface area (Å²) < 4.78 is 0. The van der Waals surface area contributed by atoms with Crippen LogP contribution in [0.15, 0.2) is 39.1 Å². The Balaban J connectivity index is 2.38. The summed E-state index contributed by atoms with van der Waals surface area (Å²) in [4.78, 5) is 30.2. The smallest absolute Gasteiger partial charge is 0.336 e. The molecule has 0 aliphatic rings. The molecule has 2 aromatic rings. The lowest BCUT2D eigenvalue weighted by Gasteiger charge is -2.06. The van der Waals surface area contributed by atoms with Gasteiger partial charge < -0.3 is 10.1 Å². The van der Waals surface area contributed by atoms with Crippen molar-refractivity contribution in [2.45, 2.75) is 29.8 Å². The van der Waals surface area contributed by atoms with Gasteiger partial charge in [0.05, 0.1) is 5.56 Å². The van der Waals surface area contributed by atoms with Crippen molar-refractivity contribution in [2.24, 2.45) is 0 Å². The van der Waals surface area contributed by atoms with Crippen LogP contribution in [0.25, 0.3) is 0 Å². The van der Waals surface area contributed by atoms with Crippen LogP contribution >= 0.6 is 23.4 Å². The van der Waals surface area contributed by atoms with E-state index in [1.54, 1.807) is 12.1 Å². The van der Waals surface area contributed by atoms with E-state index >= 15 is 0 Å². The molecule has 0 fully saturated rings. The average Bonchev–Trinajstić information content (AvgIpc) is 2.40. The Kier molecular flexibility index (Phi) is 5.03. The van der Waals surface area contributed by atoms with Crippen LogP contribution in [0.5, 0.6) is 0 Å². The number of benzene rings is 1. The first-order valence-electron chi connectivity index (χ1n) is 6.30. The van der Waals surface area contributed by atoms with Crippen LogP contribution in [0.1, 0.15) is 29.4 Å². The van der Waals surface area contributed by atoms with E-state index in [1.165, 1.54) is 12.1 Å². The number of rotatable bonds is 5. The molecule has 0 amide bonds. The Morgan fingerprint density at radius 2 is 2.19 bits per heavy atom. The van der Waals surface area contributed by atoms with Crippen molar-refractivity contribution in [3.05, 3.63) is 50.9 Å². The standard InChI is InChI=1S/C14H13ClN2O3S/c1-2-3-9-7-12(18)17-14(16-9)21-11-5-4-8(15)6-10(11)13(19)20/h4-7H,2-3H2,1H3,(H,19,20)(H,16,17,18). The molecule has 2 rings (SSSR count). The highest BCUT2D eigenvalue weighted by Crippen LogP contribution is 2.29. The van der Waals surface area contributed by atoms with Gasteiger partial charge in [-0.15, -0.1) is 0 Å². The van der Waals surface area contributed by atoms with E-state index < -0.39 is 5.97 Å². The fourth-order valence-corrected chi connectivity index (χ4v) is 2.87. The van der Waals surface area contributed by atoms with Gasteiger partial charge in [-0.25, -0.2) is 9.78 Å². The van der Waals surface area contributed by atoms with Crippen molar-refractivity contribution in [3.8, 4) is 0 Å². The first-order valence-corrected chi connectivity index (χ1v) is 7.50. The minimum atomic E-state index is -1.08. The first-order chi connectivity index (χ1) is 9.99. The van der Waals surface area contributed by atoms with Crippen molar-refractivity contribution in [1.29, 1.82) is 0 Å². The van der Waals surface area contributed by atoms with Gasteiger partial charge in [-0.3, -0.25) is 4.79 Å². The van der Waals surface area contributed by atoms with Gasteiger partial charge in [0.2, 0.25) is 0 Å². The molecule has 7 heteroatoms. The molecular weight excluding hydrogens is 312 g/mol. The van der Waals surface area contributed by atoms with E-state index in [4.69, 9.17) is 11.6 Å². The Morgan fingerprint density at radius 1 is 1.43 bits per heavy atom. The van der Waals surface area contributed by atoms with Crippen molar-refractivity contribution < 1.29 is 9.90 Å². The molecule has 0 spiro atoms. The molecule has 1 heterocycles. The summed E-state index contributed by atoms with van der Waals surface area (Å²) in [5, 5.41) is 9.91. The quantitative estimate of drug-likeness (QED) is 0.825. The maximum Gasteiger partial charge on any atom is 0.336 e. The normalized spacial score (nSPS) is 10.6. The van der Waals surface area contributed by atoms with Crippen LogP contribution in [0.4, 0.5) is 0 Å². The Bertz CT molecular complexity index is 730. The van der Waals surface area contributed by atoms with Crippen LogP contribution in [0, 0.1) is 0 Å². The van der Waals surface area contributed by atoms with Gasteiger partial charge in [0, 0.05) is 21.7 Å². The molecule has 5 nitrogen and oxygen atoms in total. The lowest BCUT2D eigenvalue weighted by atomic mass is 10.2. The molecule has 0 radical (unpaired) electrons. The van der Waals surface area contributed by atoms with E-state index in [9.17, 15) is 14.7 Å². The maximum absolute atomic E-state index is 11.6. The summed E-state index contributed by atoms with van der Waals surface area (Å²) in [5.41, 5.74) is 0.521. The molecule has 21 heavy (non-hydrogen) atoms. The van der Waals surface area contributed by atoms with E-state index in [0.717, 1.165) is 18.2 Å². The third kappa shape index (κ3) is 4.09. The number of carboxylic acids is 1. The fourth-order valence-electron chi connectivity index (χ4n) is 1.78. The van der Waals surface area contributed by atoms with Gasteiger partial charge in [-0.1, -0.05) is 36.7 Å². The summed E-state index contributed by atoms with van der Waals surface area (Å²) in [6, 6.07) is 6.03. The molecular formula is C14H13ClN2O3S. The number of nitrogens with one attached hydrogen (secondary N) is 1. The second kappa shape index (κ2) is 6.78. The number of carboxylic acid groups (broad SMARTS) is 1. The molecule has 0 aliphatic carbocycles. The lowest BCUT2D eigenvalue weighted by Crippen LogP contribution is -2.10. The highest BCUT2D eigenvalue weighted by atomic mass is 35.5. The Morgan fingerprint density at radius 3 is 2.86 bits per heavy atom. The first kappa shape index (κ1) is 15.6. The number of halogens is 1. The molecule has 0 aliphatic heterocycles. The van der Waals surface area contributed by atoms with Crippen LogP contribution in [0.2, 0.25) is 5.02 Å². The SMILES string of the molecule is CCCc1cc(=O)[nH]c(Sc2ccc(Cl)cc2C(=O)O)n1. The predicted molar refractivity (Wildman–Crippen MR) is 81.4 cm³/mol. The molecule has 2 N–H and O–H groups in total. The Hall–Kier alpha value is -1.79. The van der Waals surface area contributed by atoms with Gasteiger partial charge in [0.25, 0.3) is 5.56 Å². The van der Waals surface area contributed by atoms with E-state index in [-0.39, 0.29) is 11.1 Å². The largest absolute Gasteiger partial charge is 0.478 e. The van der Waals surface area contributed by atoms with E-state index in [1.807, 2.05) is 6.92 Å². The van der Waals surface area contributed by atoms with Gasteiger partial charge >= 0.3 is 5.97 Å². The molecule has 110 valence electrons. The monoisotopic (exact) mass is 324 g/mol. The average molecular weight is 325 g/mol. The van der Waals surface area contributed by atoms with Crippen LogP contribution < -0.4 is 5.56 Å². The molecule has 0 atom stereocenters. The fraction of sp³-hybridized carbons (Fsp3) is 0.214. The van der Waals surface area contributed by atoms with Crippen LogP contribution in [-0.4, -0.2) is 21.0 Å². The molecule has 0 saturated carbocycles. The van der Waals surface area contributed by atoms with Gasteiger partial charge in [-0.05, 0) is 24.6 Å². The molecule has 1 aromatic carbocycles. The number of aromatic nitrogens is 2. The number of H-pyrrole nitrogens is 1. The summed E-state index contributed by atoms with van der Waals surface area (Å²) in [5.74, 6) is -1.08. The zero-order chi connectivity index (χ0) is 15.4. The summed E-state index contributed by atoms with van der Waals surface area (Å²) in [7, 11) is 0. The Labute approximate surface area is 130 Å². The lowest BCUT2D eigenvalue weighted by molar-refractivity contribution is 0.0693. The van der Waals surface area contributed by atoms with Crippen molar-refractivity contribution in [1.82, 2.24) is 9.97 Å². The van der Waals surface area contributed by atoms with E-state index in [2.05, 4.69) is 9.97 Å². The third-order valence-electron chi connectivity index (χ3n) is 2.66. The molecule has 0 bridgehead atoms. The minimum absolute atomic E-state index is 0.0797.